The molecule has 0 saturated heterocycles. The molecule has 1 aliphatic heterocycles. The highest BCUT2D eigenvalue weighted by Gasteiger charge is 2.32. The minimum absolute atomic E-state index is 0.263. The van der Waals surface area contributed by atoms with Crippen LogP contribution in [-0.2, 0) is 16.1 Å². The summed E-state index contributed by atoms with van der Waals surface area (Å²) >= 11 is 3.41. The predicted molar refractivity (Wildman–Crippen MR) is 109 cm³/mol. The molecular weight excluding hydrogens is 424 g/mol. The molecule has 2 aromatic carbocycles. The van der Waals surface area contributed by atoms with Gasteiger partial charge in [-0.2, -0.15) is 0 Å². The fraction of sp³-hybridized carbons (Fsp3) is 0.238. The van der Waals surface area contributed by atoms with Crippen molar-refractivity contribution in [2.75, 3.05) is 6.61 Å². The first-order chi connectivity index (χ1) is 13.5. The predicted octanol–water partition coefficient (Wildman–Crippen LogP) is 4.22. The monoisotopic (exact) mass is 444 g/mol. The molecule has 0 saturated carbocycles. The highest BCUT2D eigenvalue weighted by atomic mass is 79.9. The Morgan fingerprint density at radius 2 is 1.79 bits per heavy atom. The Morgan fingerprint density at radius 3 is 2.43 bits per heavy atom. The molecule has 0 spiro atoms. The molecule has 1 heterocycles. The third-order valence-electron chi connectivity index (χ3n) is 4.30. The summed E-state index contributed by atoms with van der Waals surface area (Å²) in [6.45, 7) is 4.14. The van der Waals surface area contributed by atoms with Gasteiger partial charge in [-0.15, -0.1) is 0 Å². The largest absolute Gasteiger partial charge is 0.489 e. The number of amides is 2. The van der Waals surface area contributed by atoms with Crippen molar-refractivity contribution >= 4 is 27.9 Å². The maximum absolute atomic E-state index is 12.3. The Hall–Kier alpha value is -2.80. The molecule has 3 rings (SSSR count). The van der Waals surface area contributed by atoms with Crippen molar-refractivity contribution in [2.45, 2.75) is 26.5 Å². The zero-order valence-corrected chi connectivity index (χ0v) is 17.2. The van der Waals surface area contributed by atoms with Crippen LogP contribution in [-0.4, -0.2) is 18.6 Å². The quantitative estimate of drug-likeness (QED) is 0.653. The summed E-state index contributed by atoms with van der Waals surface area (Å²) in [5.41, 5.74) is 2.71. The second-order valence-corrected chi connectivity index (χ2v) is 7.19. The number of rotatable bonds is 6. The van der Waals surface area contributed by atoms with Gasteiger partial charge in [-0.1, -0.05) is 40.2 Å². The first kappa shape index (κ1) is 19.9. The Morgan fingerprint density at radius 1 is 1.11 bits per heavy atom. The molecule has 7 heteroatoms. The van der Waals surface area contributed by atoms with Crippen LogP contribution in [0, 0.1) is 0 Å². The minimum atomic E-state index is -0.576. The van der Waals surface area contributed by atoms with Crippen LogP contribution < -0.4 is 15.4 Å². The van der Waals surface area contributed by atoms with Crippen molar-refractivity contribution in [1.82, 2.24) is 10.6 Å². The molecule has 1 aliphatic rings. The summed E-state index contributed by atoms with van der Waals surface area (Å²) in [6.07, 6.45) is 0. The molecular formula is C21H21BrN2O4. The van der Waals surface area contributed by atoms with Crippen LogP contribution >= 0.6 is 15.9 Å². The van der Waals surface area contributed by atoms with E-state index in [1.807, 2.05) is 48.5 Å². The second kappa shape index (κ2) is 8.93. The smallest absolute Gasteiger partial charge is 0.338 e. The van der Waals surface area contributed by atoms with Gasteiger partial charge < -0.3 is 20.1 Å². The number of hydrogen-bond donors (Lipinski definition) is 2. The molecule has 2 aromatic rings. The molecule has 0 fully saturated rings. The van der Waals surface area contributed by atoms with Crippen LogP contribution in [0.1, 0.15) is 31.0 Å². The third-order valence-corrected chi connectivity index (χ3v) is 4.83. The fourth-order valence-corrected chi connectivity index (χ4v) is 3.19. The first-order valence-electron chi connectivity index (χ1n) is 8.90. The van der Waals surface area contributed by atoms with Crippen LogP contribution in [0.25, 0.3) is 0 Å². The van der Waals surface area contributed by atoms with E-state index in [1.54, 1.807) is 13.8 Å². The van der Waals surface area contributed by atoms with Gasteiger partial charge in [-0.05, 0) is 49.2 Å². The van der Waals surface area contributed by atoms with E-state index in [-0.39, 0.29) is 12.6 Å². The van der Waals surface area contributed by atoms with E-state index in [1.165, 1.54) is 0 Å². The number of benzene rings is 2. The van der Waals surface area contributed by atoms with Crippen molar-refractivity contribution in [2.24, 2.45) is 0 Å². The lowest BCUT2D eigenvalue weighted by atomic mass is 9.95. The Labute approximate surface area is 172 Å². The molecule has 28 heavy (non-hydrogen) atoms. The standard InChI is InChI=1S/C21H21BrN2O4/c1-3-27-20(25)18-13(2)23-21(26)24-19(18)15-6-10-17(11-7-15)28-12-14-4-8-16(22)9-5-14/h4-11,19H,3,12H2,1-2H3,(H2,23,24,26). The average Bonchev–Trinajstić information content (AvgIpc) is 2.67. The summed E-state index contributed by atoms with van der Waals surface area (Å²) in [5, 5.41) is 5.40. The van der Waals surface area contributed by atoms with Crippen molar-refractivity contribution in [1.29, 1.82) is 0 Å². The number of urea groups is 1. The number of allylic oxidation sites excluding steroid dienone is 1. The topological polar surface area (TPSA) is 76.7 Å². The number of esters is 1. The molecule has 0 radical (unpaired) electrons. The SMILES string of the molecule is CCOC(=O)C1=C(C)NC(=O)NC1c1ccc(OCc2ccc(Br)cc2)cc1. The Kier molecular flexibility index (Phi) is 6.36. The lowest BCUT2D eigenvalue weighted by molar-refractivity contribution is -0.139. The summed E-state index contributed by atoms with van der Waals surface area (Å²) in [5.74, 6) is 0.249. The molecule has 146 valence electrons. The highest BCUT2D eigenvalue weighted by Crippen LogP contribution is 2.29. The van der Waals surface area contributed by atoms with Crippen LogP contribution in [0.4, 0.5) is 4.79 Å². The van der Waals surface area contributed by atoms with Crippen molar-refractivity contribution in [3.05, 3.63) is 75.4 Å². The lowest BCUT2D eigenvalue weighted by Crippen LogP contribution is -2.45. The maximum atomic E-state index is 12.3. The van der Waals surface area contributed by atoms with Gasteiger partial charge in [0.05, 0.1) is 18.2 Å². The van der Waals surface area contributed by atoms with E-state index in [0.717, 1.165) is 15.6 Å². The molecule has 1 atom stereocenters. The number of carbonyl (C=O) groups excluding carboxylic acids is 2. The summed E-state index contributed by atoms with van der Waals surface area (Å²) in [4.78, 5) is 24.2. The molecule has 1 unspecified atom stereocenters. The van der Waals surface area contributed by atoms with E-state index in [2.05, 4.69) is 26.6 Å². The molecule has 0 aliphatic carbocycles. The van der Waals surface area contributed by atoms with Crippen molar-refractivity contribution < 1.29 is 19.1 Å². The molecule has 0 bridgehead atoms. The van der Waals surface area contributed by atoms with Gasteiger partial charge in [0.25, 0.3) is 0 Å². The van der Waals surface area contributed by atoms with E-state index in [4.69, 9.17) is 9.47 Å². The first-order valence-corrected chi connectivity index (χ1v) is 9.70. The van der Waals surface area contributed by atoms with Crippen molar-refractivity contribution in [3.63, 3.8) is 0 Å². The van der Waals surface area contributed by atoms with E-state index in [0.29, 0.717) is 23.6 Å². The number of carbonyl (C=O) groups is 2. The van der Waals surface area contributed by atoms with Gasteiger partial charge in [-0.3, -0.25) is 0 Å². The van der Waals surface area contributed by atoms with Crippen LogP contribution in [0.15, 0.2) is 64.3 Å². The number of halogens is 1. The third kappa shape index (κ3) is 4.72. The molecule has 2 N–H and O–H groups in total. The Bertz CT molecular complexity index is 892. The molecule has 6 nitrogen and oxygen atoms in total. The summed E-state index contributed by atoms with van der Waals surface area (Å²) < 4.78 is 12.0. The maximum Gasteiger partial charge on any atom is 0.338 e. The average molecular weight is 445 g/mol. The number of ether oxygens (including phenoxy) is 2. The van der Waals surface area contributed by atoms with E-state index in [9.17, 15) is 9.59 Å². The number of nitrogens with one attached hydrogen (secondary N) is 2. The second-order valence-electron chi connectivity index (χ2n) is 6.27. The van der Waals surface area contributed by atoms with E-state index >= 15 is 0 Å². The van der Waals surface area contributed by atoms with E-state index < -0.39 is 12.0 Å². The van der Waals surface area contributed by atoms with Gasteiger partial charge in [0.1, 0.15) is 12.4 Å². The molecule has 0 aromatic heterocycles. The highest BCUT2D eigenvalue weighted by molar-refractivity contribution is 9.10. The van der Waals surface area contributed by atoms with Crippen LogP contribution in [0.3, 0.4) is 0 Å². The molecule has 2 amide bonds. The fourth-order valence-electron chi connectivity index (χ4n) is 2.93. The van der Waals surface area contributed by atoms with Crippen LogP contribution in [0.2, 0.25) is 0 Å². The zero-order chi connectivity index (χ0) is 20.1. The van der Waals surface area contributed by atoms with Gasteiger partial charge >= 0.3 is 12.0 Å². The van der Waals surface area contributed by atoms with Gasteiger partial charge in [0, 0.05) is 10.2 Å². The summed E-state index contributed by atoms with van der Waals surface area (Å²) in [6, 6.07) is 14.3. The van der Waals surface area contributed by atoms with Gasteiger partial charge in [-0.25, -0.2) is 9.59 Å². The lowest BCUT2D eigenvalue weighted by Gasteiger charge is -2.28. The van der Waals surface area contributed by atoms with Gasteiger partial charge in [0.15, 0.2) is 0 Å². The number of hydrogen-bond acceptors (Lipinski definition) is 4. The zero-order valence-electron chi connectivity index (χ0n) is 15.6. The minimum Gasteiger partial charge on any atom is -0.489 e. The Balaban J connectivity index is 1.75. The van der Waals surface area contributed by atoms with Crippen molar-refractivity contribution in [3.8, 4) is 5.75 Å². The van der Waals surface area contributed by atoms with Crippen LogP contribution in [0.5, 0.6) is 5.75 Å². The van der Waals surface area contributed by atoms with Gasteiger partial charge in [0.2, 0.25) is 0 Å². The summed E-state index contributed by atoms with van der Waals surface area (Å²) in [7, 11) is 0. The normalized spacial score (nSPS) is 16.2.